The van der Waals surface area contributed by atoms with E-state index in [2.05, 4.69) is 31.1 Å². The molecule has 0 aliphatic rings. The Morgan fingerprint density at radius 3 is 2.47 bits per heavy atom. The van der Waals surface area contributed by atoms with E-state index in [-0.39, 0.29) is 5.76 Å². The van der Waals surface area contributed by atoms with Crippen LogP contribution >= 0.6 is 0 Å². The number of carbonyl (C=O) groups is 1. The molecule has 1 heterocycles. The van der Waals surface area contributed by atoms with Crippen LogP contribution in [0.3, 0.4) is 0 Å². The Hall–Kier alpha value is -2.10. The van der Waals surface area contributed by atoms with Crippen molar-refractivity contribution in [3.63, 3.8) is 0 Å². The number of rotatable bonds is 3. The van der Waals surface area contributed by atoms with Crippen molar-refractivity contribution in [3.05, 3.63) is 40.6 Å². The summed E-state index contributed by atoms with van der Waals surface area (Å²) in [6.45, 7) is 8.30. The number of nitrogens with zero attached hydrogens (tertiary/aromatic N) is 1. The van der Waals surface area contributed by atoms with E-state index in [0.717, 1.165) is 11.1 Å². The Morgan fingerprint density at radius 1 is 1.26 bits per heavy atom. The summed E-state index contributed by atoms with van der Waals surface area (Å²) in [5.41, 5.74) is 4.97. The Bertz CT molecular complexity index is 626. The lowest BCUT2D eigenvalue weighted by molar-refractivity contribution is 0.0652. The minimum absolute atomic E-state index is 0.137. The molecular formula is C15H17NO3. The van der Waals surface area contributed by atoms with Crippen LogP contribution in [0, 0.1) is 13.8 Å². The molecule has 0 aliphatic heterocycles. The van der Waals surface area contributed by atoms with Crippen molar-refractivity contribution in [1.29, 1.82) is 0 Å². The second kappa shape index (κ2) is 4.88. The third kappa shape index (κ3) is 2.52. The van der Waals surface area contributed by atoms with Crippen LogP contribution in [0.25, 0.3) is 11.3 Å². The average Bonchev–Trinajstić information content (AvgIpc) is 2.81. The van der Waals surface area contributed by atoms with E-state index in [1.54, 1.807) is 0 Å². The summed E-state index contributed by atoms with van der Waals surface area (Å²) in [5.74, 6) is -0.834. The molecular weight excluding hydrogens is 242 g/mol. The van der Waals surface area contributed by atoms with E-state index >= 15 is 0 Å². The summed E-state index contributed by atoms with van der Waals surface area (Å²) >= 11 is 0. The average molecular weight is 259 g/mol. The molecule has 2 aromatic rings. The maximum atomic E-state index is 10.8. The number of hydrogen-bond acceptors (Lipinski definition) is 3. The molecule has 0 fully saturated rings. The number of benzene rings is 1. The molecule has 1 aromatic heterocycles. The van der Waals surface area contributed by atoms with Crippen LogP contribution in [0.15, 0.2) is 22.7 Å². The first-order valence-corrected chi connectivity index (χ1v) is 6.21. The highest BCUT2D eigenvalue weighted by Gasteiger charge is 2.16. The van der Waals surface area contributed by atoms with Gasteiger partial charge in [-0.15, -0.1) is 0 Å². The highest BCUT2D eigenvalue weighted by Crippen LogP contribution is 2.29. The normalized spacial score (nSPS) is 11.0. The molecule has 0 saturated heterocycles. The molecule has 1 aromatic carbocycles. The molecule has 4 heteroatoms. The van der Waals surface area contributed by atoms with E-state index in [1.807, 2.05) is 13.8 Å². The predicted octanol–water partition coefficient (Wildman–Crippen LogP) is 3.78. The van der Waals surface area contributed by atoms with Gasteiger partial charge in [0.2, 0.25) is 5.76 Å². The van der Waals surface area contributed by atoms with Crippen LogP contribution in [-0.2, 0) is 0 Å². The van der Waals surface area contributed by atoms with Crippen LogP contribution < -0.4 is 0 Å². The second-order valence-electron chi connectivity index (χ2n) is 5.05. The molecule has 0 aliphatic carbocycles. The smallest absolute Gasteiger partial charge is 0.374 e. The minimum atomic E-state index is -1.10. The zero-order valence-electron chi connectivity index (χ0n) is 11.5. The molecule has 0 amide bonds. The zero-order chi connectivity index (χ0) is 14.2. The fourth-order valence-corrected chi connectivity index (χ4v) is 1.99. The van der Waals surface area contributed by atoms with E-state index < -0.39 is 5.97 Å². The van der Waals surface area contributed by atoms with Crippen LogP contribution in [0.2, 0.25) is 0 Å². The fraction of sp³-hybridized carbons (Fsp3) is 0.333. The molecule has 0 unspecified atom stereocenters. The van der Waals surface area contributed by atoms with Gasteiger partial charge in [0.1, 0.15) is 5.69 Å². The molecule has 1 N–H and O–H groups in total. The van der Waals surface area contributed by atoms with Crippen molar-refractivity contribution in [2.24, 2.45) is 0 Å². The van der Waals surface area contributed by atoms with Crippen LogP contribution in [0.5, 0.6) is 0 Å². The highest BCUT2D eigenvalue weighted by molar-refractivity contribution is 5.86. The lowest BCUT2D eigenvalue weighted by atomic mass is 9.93. The maximum absolute atomic E-state index is 10.8. The van der Waals surface area contributed by atoms with Gasteiger partial charge in [0.25, 0.3) is 0 Å². The van der Waals surface area contributed by atoms with Gasteiger partial charge >= 0.3 is 5.97 Å². The van der Waals surface area contributed by atoms with Gasteiger partial charge in [-0.1, -0.05) is 25.1 Å². The predicted molar refractivity (Wildman–Crippen MR) is 72.5 cm³/mol. The first-order chi connectivity index (χ1) is 8.90. The summed E-state index contributed by atoms with van der Waals surface area (Å²) in [6.07, 6.45) is 0. The molecule has 0 atom stereocenters. The first-order valence-electron chi connectivity index (χ1n) is 6.21. The molecule has 0 saturated carbocycles. The second-order valence-corrected chi connectivity index (χ2v) is 5.05. The standard InChI is InChI=1S/C15H17NO3/c1-8(2)11-5-9(3)10(4)12(6-11)13-7-14(15(17)18)19-16-13/h5-8H,1-4H3,(H,17,18). The molecule has 19 heavy (non-hydrogen) atoms. The van der Waals surface area contributed by atoms with Crippen molar-refractivity contribution in [3.8, 4) is 11.3 Å². The third-order valence-electron chi connectivity index (χ3n) is 3.35. The molecule has 100 valence electrons. The summed E-state index contributed by atoms with van der Waals surface area (Å²) in [7, 11) is 0. The number of carboxylic acids is 1. The number of aryl methyl sites for hydroxylation is 1. The van der Waals surface area contributed by atoms with Gasteiger partial charge < -0.3 is 9.63 Å². The summed E-state index contributed by atoms with van der Waals surface area (Å²) in [5, 5.41) is 12.7. The van der Waals surface area contributed by atoms with Crippen molar-refractivity contribution in [1.82, 2.24) is 5.16 Å². The number of carboxylic acid groups (broad SMARTS) is 1. The minimum Gasteiger partial charge on any atom is -0.475 e. The Balaban J connectivity index is 2.56. The Labute approximate surface area is 112 Å². The first kappa shape index (κ1) is 13.3. The van der Waals surface area contributed by atoms with Gasteiger partial charge in [-0.2, -0.15) is 0 Å². The maximum Gasteiger partial charge on any atom is 0.374 e. The topological polar surface area (TPSA) is 63.3 Å². The van der Waals surface area contributed by atoms with Crippen molar-refractivity contribution >= 4 is 5.97 Å². The van der Waals surface area contributed by atoms with Crippen LogP contribution in [-0.4, -0.2) is 16.2 Å². The van der Waals surface area contributed by atoms with Crippen LogP contribution in [0.4, 0.5) is 0 Å². The zero-order valence-corrected chi connectivity index (χ0v) is 11.5. The third-order valence-corrected chi connectivity index (χ3v) is 3.35. The molecule has 2 rings (SSSR count). The molecule has 0 radical (unpaired) electrons. The van der Waals surface area contributed by atoms with Gasteiger partial charge in [-0.25, -0.2) is 4.79 Å². The highest BCUT2D eigenvalue weighted by atomic mass is 16.5. The molecule has 4 nitrogen and oxygen atoms in total. The van der Waals surface area contributed by atoms with Gasteiger partial charge in [0, 0.05) is 11.6 Å². The number of aromatic nitrogens is 1. The van der Waals surface area contributed by atoms with Crippen molar-refractivity contribution in [2.45, 2.75) is 33.6 Å². The molecule has 0 spiro atoms. The fourth-order valence-electron chi connectivity index (χ4n) is 1.99. The van der Waals surface area contributed by atoms with Gasteiger partial charge in [0.05, 0.1) is 0 Å². The van der Waals surface area contributed by atoms with Gasteiger partial charge in [-0.3, -0.25) is 0 Å². The summed E-state index contributed by atoms with van der Waals surface area (Å²) in [4.78, 5) is 10.8. The van der Waals surface area contributed by atoms with Crippen molar-refractivity contribution in [2.75, 3.05) is 0 Å². The van der Waals surface area contributed by atoms with E-state index in [0.29, 0.717) is 11.6 Å². The summed E-state index contributed by atoms with van der Waals surface area (Å²) in [6, 6.07) is 5.67. The SMILES string of the molecule is Cc1cc(C(C)C)cc(-c2cc(C(=O)O)on2)c1C. The number of hydrogen-bond donors (Lipinski definition) is 1. The van der Waals surface area contributed by atoms with E-state index in [1.165, 1.54) is 17.2 Å². The largest absolute Gasteiger partial charge is 0.475 e. The lowest BCUT2D eigenvalue weighted by Crippen LogP contribution is -1.95. The Kier molecular flexibility index (Phi) is 3.42. The Morgan fingerprint density at radius 2 is 1.95 bits per heavy atom. The summed E-state index contributed by atoms with van der Waals surface area (Å²) < 4.78 is 4.83. The molecule has 0 bridgehead atoms. The quantitative estimate of drug-likeness (QED) is 0.911. The van der Waals surface area contributed by atoms with Gasteiger partial charge in [0.15, 0.2) is 0 Å². The van der Waals surface area contributed by atoms with E-state index in [4.69, 9.17) is 9.63 Å². The van der Waals surface area contributed by atoms with E-state index in [9.17, 15) is 4.79 Å². The van der Waals surface area contributed by atoms with Crippen LogP contribution in [0.1, 0.15) is 47.0 Å². The van der Waals surface area contributed by atoms with Crippen molar-refractivity contribution < 1.29 is 14.4 Å². The van der Waals surface area contributed by atoms with Gasteiger partial charge in [-0.05, 0) is 42.5 Å². The number of aromatic carboxylic acids is 1. The monoisotopic (exact) mass is 259 g/mol. The lowest BCUT2D eigenvalue weighted by Gasteiger charge is -2.12.